The Morgan fingerprint density at radius 2 is 1.89 bits per heavy atom. The SMILES string of the molecule is CC1CNCC1C(=O)NC1CCCCC1C(F)(F)F. The lowest BCUT2D eigenvalue weighted by molar-refractivity contribution is -0.189. The van der Waals surface area contributed by atoms with Crippen LogP contribution in [0.3, 0.4) is 0 Å². The Bertz CT molecular complexity index is 332. The zero-order valence-electron chi connectivity index (χ0n) is 11.1. The van der Waals surface area contributed by atoms with Crippen LogP contribution < -0.4 is 10.6 Å². The normalized spacial score (nSPS) is 36.2. The molecule has 0 radical (unpaired) electrons. The maximum absolute atomic E-state index is 12.9. The van der Waals surface area contributed by atoms with Crippen LogP contribution in [-0.4, -0.2) is 31.2 Å². The number of hydrogen-bond donors (Lipinski definition) is 2. The van der Waals surface area contributed by atoms with E-state index in [9.17, 15) is 18.0 Å². The van der Waals surface area contributed by atoms with Crippen LogP contribution >= 0.6 is 0 Å². The first kappa shape index (κ1) is 14.6. The lowest BCUT2D eigenvalue weighted by Crippen LogP contribution is -2.50. The zero-order valence-corrected chi connectivity index (χ0v) is 11.1. The average molecular weight is 278 g/mol. The minimum Gasteiger partial charge on any atom is -0.352 e. The second-order valence-electron chi connectivity index (χ2n) is 5.79. The van der Waals surface area contributed by atoms with Gasteiger partial charge in [-0.15, -0.1) is 0 Å². The van der Waals surface area contributed by atoms with E-state index < -0.39 is 18.1 Å². The molecule has 4 unspecified atom stereocenters. The number of carbonyl (C=O) groups excluding carboxylic acids is 1. The molecule has 4 atom stereocenters. The van der Waals surface area contributed by atoms with E-state index in [4.69, 9.17) is 0 Å². The van der Waals surface area contributed by atoms with Gasteiger partial charge in [0.1, 0.15) is 0 Å². The maximum atomic E-state index is 12.9. The van der Waals surface area contributed by atoms with Gasteiger partial charge in [-0.3, -0.25) is 4.79 Å². The molecule has 1 saturated carbocycles. The molecule has 3 nitrogen and oxygen atoms in total. The van der Waals surface area contributed by atoms with E-state index in [1.54, 1.807) is 0 Å². The van der Waals surface area contributed by atoms with Gasteiger partial charge in [-0.25, -0.2) is 0 Å². The van der Waals surface area contributed by atoms with E-state index in [-0.39, 0.29) is 24.2 Å². The molecule has 1 saturated heterocycles. The van der Waals surface area contributed by atoms with Crippen LogP contribution in [-0.2, 0) is 4.79 Å². The van der Waals surface area contributed by atoms with E-state index in [1.807, 2.05) is 6.92 Å². The number of nitrogens with one attached hydrogen (secondary N) is 2. The molecule has 0 aromatic carbocycles. The van der Waals surface area contributed by atoms with Crippen LogP contribution in [0.25, 0.3) is 0 Å². The third kappa shape index (κ3) is 3.41. The standard InChI is InChI=1S/C13H21F3N2O/c1-8-6-17-7-9(8)12(19)18-11-5-3-2-4-10(11)13(14,15)16/h8-11,17H,2-7H2,1H3,(H,18,19). The molecular formula is C13H21F3N2O. The molecule has 19 heavy (non-hydrogen) atoms. The van der Waals surface area contributed by atoms with E-state index in [0.29, 0.717) is 19.4 Å². The van der Waals surface area contributed by atoms with Gasteiger partial charge >= 0.3 is 6.18 Å². The quantitative estimate of drug-likeness (QED) is 0.812. The van der Waals surface area contributed by atoms with Crippen molar-refractivity contribution in [2.75, 3.05) is 13.1 Å². The Morgan fingerprint density at radius 1 is 1.21 bits per heavy atom. The van der Waals surface area contributed by atoms with E-state index in [0.717, 1.165) is 13.0 Å². The predicted molar refractivity (Wildman–Crippen MR) is 65.5 cm³/mol. The molecule has 1 aliphatic heterocycles. The molecule has 2 rings (SSSR count). The van der Waals surface area contributed by atoms with Gasteiger partial charge in [0.2, 0.25) is 5.91 Å². The van der Waals surface area contributed by atoms with Crippen LogP contribution in [0.4, 0.5) is 13.2 Å². The molecular weight excluding hydrogens is 257 g/mol. The fourth-order valence-corrected chi connectivity index (χ4v) is 3.15. The van der Waals surface area contributed by atoms with Gasteiger partial charge in [-0.2, -0.15) is 13.2 Å². The Morgan fingerprint density at radius 3 is 2.47 bits per heavy atom. The lowest BCUT2D eigenvalue weighted by Gasteiger charge is -2.34. The summed E-state index contributed by atoms with van der Waals surface area (Å²) in [5, 5.41) is 5.75. The van der Waals surface area contributed by atoms with Crippen LogP contribution in [0.5, 0.6) is 0 Å². The summed E-state index contributed by atoms with van der Waals surface area (Å²) in [5.74, 6) is -1.61. The highest BCUT2D eigenvalue weighted by molar-refractivity contribution is 5.79. The molecule has 0 spiro atoms. The monoisotopic (exact) mass is 278 g/mol. The number of alkyl halides is 3. The first-order valence-electron chi connectivity index (χ1n) is 6.97. The van der Waals surface area contributed by atoms with Crippen molar-refractivity contribution in [3.63, 3.8) is 0 Å². The lowest BCUT2D eigenvalue weighted by atomic mass is 9.83. The second-order valence-corrected chi connectivity index (χ2v) is 5.79. The van der Waals surface area contributed by atoms with Crippen LogP contribution in [0.1, 0.15) is 32.6 Å². The molecule has 2 fully saturated rings. The fraction of sp³-hybridized carbons (Fsp3) is 0.923. The minimum atomic E-state index is -4.21. The molecule has 6 heteroatoms. The van der Waals surface area contributed by atoms with Crippen molar-refractivity contribution in [3.8, 4) is 0 Å². The highest BCUT2D eigenvalue weighted by Gasteiger charge is 2.46. The van der Waals surface area contributed by atoms with Gasteiger partial charge in [0.25, 0.3) is 0 Å². The van der Waals surface area contributed by atoms with Crippen molar-refractivity contribution in [3.05, 3.63) is 0 Å². The first-order valence-corrected chi connectivity index (χ1v) is 6.97. The molecule has 0 aromatic rings. The molecule has 0 aromatic heterocycles. The Balaban J connectivity index is 1.97. The predicted octanol–water partition coefficient (Wildman–Crippen LogP) is 2.08. The second kappa shape index (κ2) is 5.69. The number of halogens is 3. The van der Waals surface area contributed by atoms with E-state index in [1.165, 1.54) is 0 Å². The van der Waals surface area contributed by atoms with Gasteiger partial charge < -0.3 is 10.6 Å². The number of rotatable bonds is 2. The van der Waals surface area contributed by atoms with Crippen molar-refractivity contribution < 1.29 is 18.0 Å². The van der Waals surface area contributed by atoms with Crippen molar-refractivity contribution in [2.45, 2.75) is 44.8 Å². The van der Waals surface area contributed by atoms with Crippen LogP contribution in [0.15, 0.2) is 0 Å². The highest BCUT2D eigenvalue weighted by atomic mass is 19.4. The van der Waals surface area contributed by atoms with Crippen LogP contribution in [0.2, 0.25) is 0 Å². The summed E-state index contributed by atoms with van der Waals surface area (Å²) in [7, 11) is 0. The molecule has 110 valence electrons. The topological polar surface area (TPSA) is 41.1 Å². The summed E-state index contributed by atoms with van der Waals surface area (Å²) < 4.78 is 38.8. The Kier molecular flexibility index (Phi) is 4.38. The minimum absolute atomic E-state index is 0.132. The summed E-state index contributed by atoms with van der Waals surface area (Å²) in [6.07, 6.45) is -2.29. The zero-order chi connectivity index (χ0) is 14.0. The van der Waals surface area contributed by atoms with Gasteiger partial charge in [-0.05, 0) is 25.3 Å². The van der Waals surface area contributed by atoms with Gasteiger partial charge in [0, 0.05) is 12.6 Å². The maximum Gasteiger partial charge on any atom is 0.393 e. The van der Waals surface area contributed by atoms with Crippen molar-refractivity contribution in [1.29, 1.82) is 0 Å². The first-order chi connectivity index (χ1) is 8.89. The number of amides is 1. The smallest absolute Gasteiger partial charge is 0.352 e. The summed E-state index contributed by atoms with van der Waals surface area (Å²) in [6.45, 7) is 3.27. The van der Waals surface area contributed by atoms with Gasteiger partial charge in [0.05, 0.1) is 11.8 Å². The molecule has 1 aliphatic carbocycles. The van der Waals surface area contributed by atoms with Crippen molar-refractivity contribution >= 4 is 5.91 Å². The summed E-state index contributed by atoms with van der Waals surface area (Å²) >= 11 is 0. The number of hydrogen-bond acceptors (Lipinski definition) is 2. The van der Waals surface area contributed by atoms with E-state index >= 15 is 0 Å². The molecule has 2 aliphatic rings. The summed E-state index contributed by atoms with van der Waals surface area (Å²) in [5.41, 5.74) is 0. The fourth-order valence-electron chi connectivity index (χ4n) is 3.15. The summed E-state index contributed by atoms with van der Waals surface area (Å²) in [4.78, 5) is 12.1. The van der Waals surface area contributed by atoms with Crippen LogP contribution in [0, 0.1) is 17.8 Å². The average Bonchev–Trinajstić information content (AvgIpc) is 2.75. The Hall–Kier alpha value is -0.780. The van der Waals surface area contributed by atoms with Gasteiger partial charge in [-0.1, -0.05) is 19.8 Å². The number of carbonyl (C=O) groups is 1. The molecule has 2 N–H and O–H groups in total. The molecule has 1 heterocycles. The van der Waals surface area contributed by atoms with Crippen molar-refractivity contribution in [2.24, 2.45) is 17.8 Å². The Labute approximate surface area is 111 Å². The third-order valence-electron chi connectivity index (χ3n) is 4.37. The highest BCUT2D eigenvalue weighted by Crippen LogP contribution is 2.37. The van der Waals surface area contributed by atoms with Crippen molar-refractivity contribution in [1.82, 2.24) is 10.6 Å². The van der Waals surface area contributed by atoms with Gasteiger partial charge in [0.15, 0.2) is 0 Å². The third-order valence-corrected chi connectivity index (χ3v) is 4.37. The molecule has 1 amide bonds. The largest absolute Gasteiger partial charge is 0.393 e. The summed E-state index contributed by atoms with van der Waals surface area (Å²) in [6, 6.07) is -0.742. The van der Waals surface area contributed by atoms with E-state index in [2.05, 4.69) is 10.6 Å². The molecule has 0 bridgehead atoms.